The van der Waals surface area contributed by atoms with Crippen LogP contribution in [0.1, 0.15) is 24.8 Å². The first-order valence-electron chi connectivity index (χ1n) is 10.9. The van der Waals surface area contributed by atoms with E-state index in [1.165, 1.54) is 5.56 Å². The maximum absolute atomic E-state index is 10.4. The maximum Gasteiger partial charge on any atom is 0.119 e. The van der Waals surface area contributed by atoms with Crippen molar-refractivity contribution in [3.63, 3.8) is 0 Å². The molecule has 0 aromatic heterocycles. The van der Waals surface area contributed by atoms with E-state index in [9.17, 15) is 10.2 Å². The van der Waals surface area contributed by atoms with Gasteiger partial charge in [0.25, 0.3) is 0 Å². The maximum atomic E-state index is 10.4. The average molecular weight is 407 g/mol. The monoisotopic (exact) mass is 406 g/mol. The molecule has 0 radical (unpaired) electrons. The van der Waals surface area contributed by atoms with Crippen LogP contribution in [0.4, 0.5) is 0 Å². The summed E-state index contributed by atoms with van der Waals surface area (Å²) in [4.78, 5) is 4.75. The summed E-state index contributed by atoms with van der Waals surface area (Å²) >= 11 is 0. The van der Waals surface area contributed by atoms with Crippen molar-refractivity contribution in [3.05, 3.63) is 29.8 Å². The second kappa shape index (κ2) is 9.73. The van der Waals surface area contributed by atoms with Gasteiger partial charge in [-0.2, -0.15) is 0 Å². The quantitative estimate of drug-likeness (QED) is 0.726. The van der Waals surface area contributed by atoms with E-state index in [2.05, 4.69) is 21.9 Å². The highest BCUT2D eigenvalue weighted by Gasteiger charge is 2.47. The molecule has 3 fully saturated rings. The molecule has 3 aliphatic rings. The first-order valence-corrected chi connectivity index (χ1v) is 10.9. The van der Waals surface area contributed by atoms with Gasteiger partial charge in [-0.1, -0.05) is 12.1 Å². The molecule has 2 N–H and O–H groups in total. The lowest BCUT2D eigenvalue weighted by molar-refractivity contribution is -0.214. The van der Waals surface area contributed by atoms with Crippen LogP contribution < -0.4 is 4.74 Å². The van der Waals surface area contributed by atoms with Crippen LogP contribution in [0, 0.1) is 0 Å². The topological polar surface area (TPSA) is 74.6 Å². The number of aliphatic hydroxyl groups is 2. The van der Waals surface area contributed by atoms with Crippen LogP contribution in [0.15, 0.2) is 24.3 Å². The van der Waals surface area contributed by atoms with Gasteiger partial charge in [0.15, 0.2) is 0 Å². The van der Waals surface area contributed by atoms with E-state index in [1.807, 2.05) is 12.1 Å². The van der Waals surface area contributed by atoms with Gasteiger partial charge in [-0.25, -0.2) is 0 Å². The van der Waals surface area contributed by atoms with Crippen LogP contribution >= 0.6 is 0 Å². The Balaban J connectivity index is 1.20. The zero-order valence-electron chi connectivity index (χ0n) is 17.2. The summed E-state index contributed by atoms with van der Waals surface area (Å²) in [5.74, 6) is 0.910. The minimum absolute atomic E-state index is 0.521. The SMILES string of the molecule is O[C@H]1CCOC2(CCN(Cc3ccc(OCCN4CCOCC4)cc3)CC2)[C@H]1O. The van der Waals surface area contributed by atoms with Gasteiger partial charge in [0.2, 0.25) is 0 Å². The molecule has 1 aromatic rings. The smallest absolute Gasteiger partial charge is 0.119 e. The van der Waals surface area contributed by atoms with Gasteiger partial charge in [-0.3, -0.25) is 9.80 Å². The van der Waals surface area contributed by atoms with Gasteiger partial charge < -0.3 is 24.4 Å². The normalized spacial score (nSPS) is 28.5. The van der Waals surface area contributed by atoms with E-state index >= 15 is 0 Å². The molecule has 162 valence electrons. The highest BCUT2D eigenvalue weighted by molar-refractivity contribution is 5.27. The van der Waals surface area contributed by atoms with E-state index in [1.54, 1.807) is 0 Å². The molecule has 4 rings (SSSR count). The summed E-state index contributed by atoms with van der Waals surface area (Å²) in [5.41, 5.74) is 0.693. The van der Waals surface area contributed by atoms with Gasteiger partial charge in [-0.05, 0) is 37.0 Å². The molecule has 0 amide bonds. The van der Waals surface area contributed by atoms with Crippen LogP contribution in [0.3, 0.4) is 0 Å². The van der Waals surface area contributed by atoms with Gasteiger partial charge in [-0.15, -0.1) is 0 Å². The van der Waals surface area contributed by atoms with Crippen molar-refractivity contribution in [2.24, 2.45) is 0 Å². The fourth-order valence-corrected chi connectivity index (χ4v) is 4.57. The van der Waals surface area contributed by atoms with E-state index in [4.69, 9.17) is 14.2 Å². The number of piperidine rings is 1. The summed E-state index contributed by atoms with van der Waals surface area (Å²) in [6, 6.07) is 8.35. The lowest BCUT2D eigenvalue weighted by Crippen LogP contribution is -2.59. The fourth-order valence-electron chi connectivity index (χ4n) is 4.57. The number of benzene rings is 1. The Labute approximate surface area is 173 Å². The van der Waals surface area contributed by atoms with Gasteiger partial charge in [0, 0.05) is 39.3 Å². The highest BCUT2D eigenvalue weighted by Crippen LogP contribution is 2.35. The molecule has 29 heavy (non-hydrogen) atoms. The van der Waals surface area contributed by atoms with Crippen LogP contribution in [-0.4, -0.2) is 97.0 Å². The molecule has 0 aliphatic carbocycles. The van der Waals surface area contributed by atoms with Gasteiger partial charge in [0.05, 0.1) is 31.5 Å². The lowest BCUT2D eigenvalue weighted by atomic mass is 9.80. The standard InChI is InChI=1S/C22H34N2O5/c25-20-5-13-29-22(21(20)26)6-8-24(9-7-22)17-18-1-3-19(4-2-18)28-16-12-23-10-14-27-15-11-23/h1-4,20-21,25-26H,5-17H2/t20-,21-/m0/s1. The Hall–Kier alpha value is -1.22. The van der Waals surface area contributed by atoms with Gasteiger partial charge >= 0.3 is 0 Å². The number of hydrogen-bond acceptors (Lipinski definition) is 7. The number of morpholine rings is 1. The van der Waals surface area contributed by atoms with Crippen LogP contribution in [0.5, 0.6) is 5.75 Å². The second-order valence-corrected chi connectivity index (χ2v) is 8.44. The van der Waals surface area contributed by atoms with E-state index in [0.29, 0.717) is 19.6 Å². The van der Waals surface area contributed by atoms with Crippen molar-refractivity contribution in [1.82, 2.24) is 9.80 Å². The lowest BCUT2D eigenvalue weighted by Gasteiger charge is -2.48. The zero-order valence-corrected chi connectivity index (χ0v) is 17.2. The number of likely N-dealkylation sites (tertiary alicyclic amines) is 1. The molecule has 0 saturated carbocycles. The minimum Gasteiger partial charge on any atom is -0.492 e. The molecule has 2 atom stereocenters. The summed E-state index contributed by atoms with van der Waals surface area (Å²) in [5, 5.41) is 20.4. The average Bonchev–Trinajstić information content (AvgIpc) is 2.76. The Morgan fingerprint density at radius 2 is 1.69 bits per heavy atom. The third-order valence-corrected chi connectivity index (χ3v) is 6.52. The predicted octanol–water partition coefficient (Wildman–Crippen LogP) is 0.874. The molecule has 0 unspecified atom stereocenters. The minimum atomic E-state index is -0.771. The van der Waals surface area contributed by atoms with E-state index in [-0.39, 0.29) is 0 Å². The third-order valence-electron chi connectivity index (χ3n) is 6.52. The van der Waals surface area contributed by atoms with Crippen molar-refractivity contribution < 1.29 is 24.4 Å². The molecule has 7 heteroatoms. The molecule has 1 spiro atoms. The fraction of sp³-hybridized carbons (Fsp3) is 0.727. The Kier molecular flexibility index (Phi) is 7.05. The largest absolute Gasteiger partial charge is 0.492 e. The third kappa shape index (κ3) is 5.29. The zero-order chi connectivity index (χ0) is 20.1. The predicted molar refractivity (Wildman–Crippen MR) is 109 cm³/mol. The van der Waals surface area contributed by atoms with Gasteiger partial charge in [0.1, 0.15) is 18.5 Å². The summed E-state index contributed by atoms with van der Waals surface area (Å²) in [6.45, 7) is 8.37. The molecule has 0 bridgehead atoms. The molecule has 3 saturated heterocycles. The molecule has 7 nitrogen and oxygen atoms in total. The molecule has 3 heterocycles. The van der Waals surface area contributed by atoms with E-state index in [0.717, 1.165) is 71.1 Å². The van der Waals surface area contributed by atoms with Crippen LogP contribution in [-0.2, 0) is 16.0 Å². The number of nitrogens with zero attached hydrogens (tertiary/aromatic N) is 2. The number of ether oxygens (including phenoxy) is 3. The number of hydrogen-bond donors (Lipinski definition) is 2. The summed E-state index contributed by atoms with van der Waals surface area (Å²) in [7, 11) is 0. The summed E-state index contributed by atoms with van der Waals surface area (Å²) < 4.78 is 17.2. The van der Waals surface area contributed by atoms with Crippen molar-refractivity contribution in [2.75, 3.05) is 59.2 Å². The van der Waals surface area contributed by atoms with Crippen LogP contribution in [0.2, 0.25) is 0 Å². The first-order chi connectivity index (χ1) is 14.1. The first kappa shape index (κ1) is 21.0. The number of aliphatic hydroxyl groups excluding tert-OH is 2. The number of rotatable bonds is 6. The highest BCUT2D eigenvalue weighted by atomic mass is 16.5. The van der Waals surface area contributed by atoms with Crippen LogP contribution in [0.25, 0.3) is 0 Å². The Bertz CT molecular complexity index is 627. The second-order valence-electron chi connectivity index (χ2n) is 8.44. The van der Waals surface area contributed by atoms with Crippen molar-refractivity contribution in [3.8, 4) is 5.75 Å². The Morgan fingerprint density at radius 1 is 0.966 bits per heavy atom. The molecular weight excluding hydrogens is 372 g/mol. The van der Waals surface area contributed by atoms with E-state index < -0.39 is 17.8 Å². The Morgan fingerprint density at radius 3 is 2.41 bits per heavy atom. The molecule has 1 aromatic carbocycles. The molecule has 3 aliphatic heterocycles. The molecular formula is C22H34N2O5. The summed E-state index contributed by atoms with van der Waals surface area (Å²) in [6.07, 6.45) is 0.605. The van der Waals surface area contributed by atoms with Crippen molar-refractivity contribution in [1.29, 1.82) is 0 Å². The van der Waals surface area contributed by atoms with Crippen molar-refractivity contribution in [2.45, 2.75) is 43.6 Å². The van der Waals surface area contributed by atoms with Crippen molar-refractivity contribution >= 4 is 0 Å².